The molecule has 0 spiro atoms. The predicted molar refractivity (Wildman–Crippen MR) is 156 cm³/mol. The van der Waals surface area contributed by atoms with Crippen molar-refractivity contribution in [1.82, 2.24) is 25.4 Å². The Morgan fingerprint density at radius 2 is 1.98 bits per heavy atom. The van der Waals surface area contributed by atoms with Gasteiger partial charge in [0.15, 0.2) is 0 Å². The van der Waals surface area contributed by atoms with E-state index in [-0.39, 0.29) is 41.5 Å². The Morgan fingerprint density at radius 1 is 1.21 bits per heavy atom. The van der Waals surface area contributed by atoms with Gasteiger partial charge in [-0.1, -0.05) is 31.9 Å². The molecule has 43 heavy (non-hydrogen) atoms. The van der Waals surface area contributed by atoms with Gasteiger partial charge in [0.05, 0.1) is 17.5 Å². The fourth-order valence-corrected chi connectivity index (χ4v) is 6.36. The summed E-state index contributed by atoms with van der Waals surface area (Å²) in [6.45, 7) is 6.47. The van der Waals surface area contributed by atoms with Gasteiger partial charge in [-0.05, 0) is 85.0 Å². The van der Waals surface area contributed by atoms with Crippen LogP contribution in [-0.2, 0) is 36.5 Å². The third kappa shape index (κ3) is 6.02. The van der Waals surface area contributed by atoms with Crippen LogP contribution in [-0.4, -0.2) is 39.7 Å². The number of anilines is 1. The van der Waals surface area contributed by atoms with Crippen molar-refractivity contribution in [2.24, 2.45) is 18.9 Å². The molecule has 1 unspecified atom stereocenters. The molecule has 0 radical (unpaired) electrons. The first-order chi connectivity index (χ1) is 20.4. The number of rotatable bonds is 9. The third-order valence-corrected chi connectivity index (χ3v) is 8.32. The summed E-state index contributed by atoms with van der Waals surface area (Å²) in [5.74, 6) is 5.44. The van der Waals surface area contributed by atoms with Gasteiger partial charge in [-0.3, -0.25) is 9.59 Å². The monoisotopic (exact) mass is 592 g/mol. The SMILES string of the molecule is CC#CC(=O)NCC(C)CNCc1cc2c(c(C(F)(F)F)c1)CN(c1cccc(C3(c4nncn4C)CC(C)C3)c1)C2=O. The number of hydrogen-bond acceptors (Lipinski definition) is 5. The number of benzene rings is 2. The van der Waals surface area contributed by atoms with Crippen molar-refractivity contribution >= 4 is 17.5 Å². The molecule has 1 saturated carbocycles. The standard InChI is InChI=1S/C32H35F3N6O2/c1-5-7-28(42)37-16-21(3)15-36-17-22-10-25-26(27(11-22)32(33,34)35)18-41(29(25)43)24-9-6-8-23(12-24)31(13-20(2)14-31)30-39-38-19-40(30)4/h6,8-12,19-21,36H,13-18H2,1-4H3,(H,37,42). The Hall–Kier alpha value is -4.17. The predicted octanol–water partition coefficient (Wildman–Crippen LogP) is 4.58. The summed E-state index contributed by atoms with van der Waals surface area (Å²) in [4.78, 5) is 26.6. The van der Waals surface area contributed by atoms with E-state index in [1.165, 1.54) is 4.90 Å². The van der Waals surface area contributed by atoms with Crippen LogP contribution < -0.4 is 15.5 Å². The van der Waals surface area contributed by atoms with Crippen molar-refractivity contribution in [1.29, 1.82) is 0 Å². The third-order valence-electron chi connectivity index (χ3n) is 8.32. The molecule has 1 aromatic heterocycles. The van der Waals surface area contributed by atoms with Gasteiger partial charge >= 0.3 is 6.18 Å². The summed E-state index contributed by atoms with van der Waals surface area (Å²) in [6.07, 6.45) is -1.22. The lowest BCUT2D eigenvalue weighted by Crippen LogP contribution is -2.43. The molecular formula is C32H35F3N6O2. The van der Waals surface area contributed by atoms with E-state index in [4.69, 9.17) is 0 Å². The highest BCUT2D eigenvalue weighted by Gasteiger charge is 2.48. The van der Waals surface area contributed by atoms with Crippen LogP contribution in [0.15, 0.2) is 42.7 Å². The second-order valence-corrected chi connectivity index (χ2v) is 11.8. The number of amides is 2. The van der Waals surface area contributed by atoms with E-state index >= 15 is 0 Å². The number of nitrogens with zero attached hydrogens (tertiary/aromatic N) is 4. The first-order valence-corrected chi connectivity index (χ1v) is 14.3. The summed E-state index contributed by atoms with van der Waals surface area (Å²) >= 11 is 0. The molecule has 226 valence electrons. The van der Waals surface area contributed by atoms with Crippen molar-refractivity contribution in [3.63, 3.8) is 0 Å². The smallest absolute Gasteiger partial charge is 0.345 e. The van der Waals surface area contributed by atoms with Gasteiger partial charge in [0.1, 0.15) is 12.2 Å². The molecule has 2 N–H and O–H groups in total. The van der Waals surface area contributed by atoms with E-state index in [0.717, 1.165) is 30.3 Å². The molecule has 0 bridgehead atoms. The van der Waals surface area contributed by atoms with Gasteiger partial charge in [-0.25, -0.2) is 0 Å². The number of alkyl halides is 3. The van der Waals surface area contributed by atoms with Gasteiger partial charge in [-0.2, -0.15) is 13.2 Å². The topological polar surface area (TPSA) is 92.2 Å². The molecule has 8 nitrogen and oxygen atoms in total. The number of carbonyl (C=O) groups is 2. The van der Waals surface area contributed by atoms with Crippen molar-refractivity contribution in [3.8, 4) is 11.8 Å². The van der Waals surface area contributed by atoms with Crippen LogP contribution in [0.2, 0.25) is 0 Å². The van der Waals surface area contributed by atoms with E-state index < -0.39 is 17.6 Å². The molecule has 0 saturated heterocycles. The molecule has 1 aliphatic heterocycles. The number of aromatic nitrogens is 3. The summed E-state index contributed by atoms with van der Waals surface area (Å²) in [5.41, 5.74) is 0.779. The maximum Gasteiger partial charge on any atom is 0.416 e. The van der Waals surface area contributed by atoms with Gasteiger partial charge < -0.3 is 20.1 Å². The normalized spacial score (nSPS) is 20.2. The van der Waals surface area contributed by atoms with Crippen LogP contribution in [0.5, 0.6) is 0 Å². The Morgan fingerprint density at radius 3 is 2.63 bits per heavy atom. The van der Waals surface area contributed by atoms with Crippen LogP contribution in [0.25, 0.3) is 0 Å². The van der Waals surface area contributed by atoms with E-state index in [1.807, 2.05) is 36.7 Å². The van der Waals surface area contributed by atoms with Crippen LogP contribution in [0.1, 0.15) is 72.0 Å². The highest BCUT2D eigenvalue weighted by Crippen LogP contribution is 2.52. The van der Waals surface area contributed by atoms with Gasteiger partial charge in [0, 0.05) is 31.4 Å². The van der Waals surface area contributed by atoms with E-state index in [9.17, 15) is 22.8 Å². The second kappa shape index (κ2) is 11.8. The van der Waals surface area contributed by atoms with E-state index in [0.29, 0.717) is 30.3 Å². The largest absolute Gasteiger partial charge is 0.416 e. The Labute approximate surface area is 249 Å². The number of hydrogen-bond donors (Lipinski definition) is 2. The Kier molecular flexibility index (Phi) is 8.34. The minimum atomic E-state index is -4.62. The summed E-state index contributed by atoms with van der Waals surface area (Å²) in [5, 5.41) is 14.3. The van der Waals surface area contributed by atoms with Crippen molar-refractivity contribution < 1.29 is 22.8 Å². The number of fused-ring (bicyclic) bond motifs is 1. The van der Waals surface area contributed by atoms with Gasteiger partial charge in [0.2, 0.25) is 0 Å². The first kappa shape index (κ1) is 30.3. The maximum atomic E-state index is 14.3. The second-order valence-electron chi connectivity index (χ2n) is 11.8. The summed E-state index contributed by atoms with van der Waals surface area (Å²) in [7, 11) is 1.90. The molecular weight excluding hydrogens is 557 g/mol. The number of aryl methyl sites for hydroxylation is 1. The Balaban J connectivity index is 1.37. The maximum absolute atomic E-state index is 14.3. The number of halogens is 3. The van der Waals surface area contributed by atoms with Crippen molar-refractivity contribution in [3.05, 3.63) is 76.4 Å². The van der Waals surface area contributed by atoms with Crippen LogP contribution in [0.4, 0.5) is 18.9 Å². The minimum Gasteiger partial charge on any atom is -0.345 e. The lowest BCUT2D eigenvalue weighted by Gasteiger charge is -2.46. The van der Waals surface area contributed by atoms with Crippen molar-refractivity contribution in [2.45, 2.75) is 58.3 Å². The van der Waals surface area contributed by atoms with Crippen molar-refractivity contribution in [2.75, 3.05) is 18.0 Å². The molecule has 5 rings (SSSR count). The number of nitrogens with one attached hydrogen (secondary N) is 2. The van der Waals surface area contributed by atoms with E-state index in [1.54, 1.807) is 25.4 Å². The fourth-order valence-electron chi connectivity index (χ4n) is 6.36. The first-order valence-electron chi connectivity index (χ1n) is 14.3. The average Bonchev–Trinajstić information content (AvgIpc) is 3.52. The Bertz CT molecular complexity index is 1600. The highest BCUT2D eigenvalue weighted by atomic mass is 19.4. The molecule has 11 heteroatoms. The molecule has 2 aromatic carbocycles. The summed E-state index contributed by atoms with van der Waals surface area (Å²) in [6, 6.07) is 10.2. The lowest BCUT2D eigenvalue weighted by atomic mass is 9.58. The molecule has 1 aliphatic carbocycles. The zero-order chi connectivity index (χ0) is 30.9. The summed E-state index contributed by atoms with van der Waals surface area (Å²) < 4.78 is 44.7. The van der Waals surface area contributed by atoms with Gasteiger partial charge in [0.25, 0.3) is 11.8 Å². The average molecular weight is 593 g/mol. The minimum absolute atomic E-state index is 0.0138. The molecule has 3 aromatic rings. The molecule has 1 fully saturated rings. The molecule has 2 heterocycles. The quantitative estimate of drug-likeness (QED) is 0.355. The van der Waals surface area contributed by atoms with Crippen LogP contribution in [0, 0.1) is 23.7 Å². The molecule has 2 aliphatic rings. The zero-order valence-electron chi connectivity index (χ0n) is 24.7. The molecule has 1 atom stereocenters. The number of carbonyl (C=O) groups excluding carboxylic acids is 2. The lowest BCUT2D eigenvalue weighted by molar-refractivity contribution is -0.138. The zero-order valence-corrected chi connectivity index (χ0v) is 24.7. The van der Waals surface area contributed by atoms with Gasteiger partial charge in [-0.15, -0.1) is 10.2 Å². The van der Waals surface area contributed by atoms with E-state index in [2.05, 4.69) is 39.6 Å². The highest BCUT2D eigenvalue weighted by molar-refractivity contribution is 6.10. The fraction of sp³-hybridized carbons (Fsp3) is 0.438. The van der Waals surface area contributed by atoms with Crippen LogP contribution in [0.3, 0.4) is 0 Å². The molecule has 2 amide bonds. The van der Waals surface area contributed by atoms with Crippen LogP contribution >= 0.6 is 0 Å².